The lowest BCUT2D eigenvalue weighted by Gasteiger charge is -2.44. The number of rotatable bonds is 7. The van der Waals surface area contributed by atoms with Crippen molar-refractivity contribution in [2.24, 2.45) is 0 Å². The van der Waals surface area contributed by atoms with Crippen LogP contribution < -0.4 is 26.2 Å². The van der Waals surface area contributed by atoms with Gasteiger partial charge in [-0.2, -0.15) is 0 Å². The molecule has 0 N–H and O–H groups in total. The molecule has 0 aliphatic carbocycles. The Bertz CT molecular complexity index is 4700. The Balaban J connectivity index is 1.04. The van der Waals surface area contributed by atoms with Gasteiger partial charge in [-0.05, 0) is 198 Å². The number of nitrogens with zero attached hydrogens (tertiary/aromatic N) is 2. The minimum Gasteiger partial charge on any atom is -0.311 e. The van der Waals surface area contributed by atoms with Gasteiger partial charge in [-0.3, -0.25) is 0 Å². The van der Waals surface area contributed by atoms with Crippen LogP contribution in [0.15, 0.2) is 255 Å². The number of anilines is 6. The van der Waals surface area contributed by atoms with Gasteiger partial charge in [-0.25, -0.2) is 0 Å². The summed E-state index contributed by atoms with van der Waals surface area (Å²) in [6, 6.07) is 97.1. The van der Waals surface area contributed by atoms with Crippen molar-refractivity contribution in [3.05, 3.63) is 271 Å². The number of hydrogen-bond acceptors (Lipinski definition) is 2. The number of hydrogen-bond donors (Lipinski definition) is 0. The van der Waals surface area contributed by atoms with Crippen LogP contribution in [0.25, 0.3) is 88.0 Å². The van der Waals surface area contributed by atoms with Crippen LogP contribution in [0.2, 0.25) is 0 Å². The molecule has 2 aliphatic rings. The molecule has 0 amide bonds. The summed E-state index contributed by atoms with van der Waals surface area (Å²) in [6.07, 6.45) is 0. The summed E-state index contributed by atoms with van der Waals surface area (Å²) < 4.78 is 0. The van der Waals surface area contributed by atoms with Crippen molar-refractivity contribution < 1.29 is 0 Å². The highest BCUT2D eigenvalue weighted by Crippen LogP contribution is 2.50. The van der Waals surface area contributed by atoms with Gasteiger partial charge in [0.2, 0.25) is 0 Å². The Labute approximate surface area is 502 Å². The van der Waals surface area contributed by atoms with Crippen molar-refractivity contribution in [2.75, 3.05) is 9.80 Å². The van der Waals surface area contributed by atoms with E-state index in [1.165, 1.54) is 144 Å². The monoisotopic (exact) mass is 1090 g/mol. The first kappa shape index (κ1) is 52.4. The van der Waals surface area contributed by atoms with Crippen molar-refractivity contribution >= 4 is 89.5 Å². The lowest BCUT2D eigenvalue weighted by molar-refractivity contribution is 0.590. The Morgan fingerprint density at radius 2 is 0.659 bits per heavy atom. The standard InChI is InChI=1S/C82H69BN2/c1-80(2,3)64-35-27-57(28-36-64)62-49-75-79-76(50-62)85(68-39-31-56(32-40-68)53-21-15-11-16-22-53)74-42-34-59(69-46-63-45-65(81(4,5)6)43-60-25-26-61-44-66(82(7,8)9)51-70(69)78(61)77(60)63)48-72(74)83(79)71-47-58(54-23-17-12-18-24-54)33-41-73(71)84(75)67-37-29-55(30-38-67)52-19-13-10-14-20-52/h10-51H,1-9H3. The third-order valence-electron chi connectivity index (χ3n) is 18.4. The molecule has 0 saturated carbocycles. The molecular formula is C82H69BN2. The van der Waals surface area contributed by atoms with Crippen LogP contribution in [0.1, 0.15) is 79.0 Å². The molecule has 3 heteroatoms. The van der Waals surface area contributed by atoms with E-state index < -0.39 is 0 Å². The van der Waals surface area contributed by atoms with E-state index in [-0.39, 0.29) is 23.0 Å². The van der Waals surface area contributed by atoms with E-state index in [9.17, 15) is 0 Å². The summed E-state index contributed by atoms with van der Waals surface area (Å²) in [7, 11) is 0. The van der Waals surface area contributed by atoms with Gasteiger partial charge in [-0.1, -0.05) is 256 Å². The predicted octanol–water partition coefficient (Wildman–Crippen LogP) is 20.9. The van der Waals surface area contributed by atoms with Gasteiger partial charge in [0.15, 0.2) is 0 Å². The van der Waals surface area contributed by atoms with Crippen LogP contribution in [0.4, 0.5) is 34.1 Å². The molecule has 85 heavy (non-hydrogen) atoms. The summed E-state index contributed by atoms with van der Waals surface area (Å²) in [5.74, 6) is 0. The fourth-order valence-corrected chi connectivity index (χ4v) is 13.8. The zero-order valence-corrected chi connectivity index (χ0v) is 50.2. The molecule has 410 valence electrons. The van der Waals surface area contributed by atoms with Gasteiger partial charge < -0.3 is 9.80 Å². The average molecular weight is 1090 g/mol. The fourth-order valence-electron chi connectivity index (χ4n) is 13.8. The molecule has 2 nitrogen and oxygen atoms in total. The smallest absolute Gasteiger partial charge is 0.252 e. The van der Waals surface area contributed by atoms with Crippen LogP contribution in [0.3, 0.4) is 0 Å². The first-order valence-electron chi connectivity index (χ1n) is 30.3. The molecule has 0 aromatic heterocycles. The maximum absolute atomic E-state index is 2.58. The topological polar surface area (TPSA) is 6.48 Å². The molecule has 2 aliphatic heterocycles. The van der Waals surface area contributed by atoms with Crippen molar-refractivity contribution in [1.82, 2.24) is 0 Å². The minimum absolute atomic E-state index is 0.0189. The van der Waals surface area contributed by atoms with Crippen molar-refractivity contribution in [3.63, 3.8) is 0 Å². The van der Waals surface area contributed by atoms with Gasteiger partial charge in [0.1, 0.15) is 0 Å². The second-order valence-corrected chi connectivity index (χ2v) is 27.0. The third-order valence-corrected chi connectivity index (χ3v) is 18.4. The van der Waals surface area contributed by atoms with Crippen LogP contribution >= 0.6 is 0 Å². The summed E-state index contributed by atoms with van der Waals surface area (Å²) >= 11 is 0. The Hall–Kier alpha value is -9.44. The molecule has 2 heterocycles. The quantitative estimate of drug-likeness (QED) is 0.116. The van der Waals surface area contributed by atoms with Crippen LogP contribution in [0.5, 0.6) is 0 Å². The highest BCUT2D eigenvalue weighted by atomic mass is 15.2. The Morgan fingerprint density at radius 1 is 0.271 bits per heavy atom. The van der Waals surface area contributed by atoms with Gasteiger partial charge in [0, 0.05) is 34.1 Å². The molecular weight excluding hydrogens is 1020 g/mol. The average Bonchev–Trinajstić information content (AvgIpc) is 0.743. The summed E-state index contributed by atoms with van der Waals surface area (Å²) in [4.78, 5) is 5.15. The Kier molecular flexibility index (Phi) is 12.1. The summed E-state index contributed by atoms with van der Waals surface area (Å²) in [5.41, 5.74) is 26.8. The molecule has 13 aromatic rings. The molecule has 0 radical (unpaired) electrons. The predicted molar refractivity (Wildman–Crippen MR) is 367 cm³/mol. The molecule has 0 spiro atoms. The first-order chi connectivity index (χ1) is 41.0. The summed E-state index contributed by atoms with van der Waals surface area (Å²) in [6.45, 7) is 20.8. The van der Waals surface area contributed by atoms with Gasteiger partial charge in [0.25, 0.3) is 6.71 Å². The lowest BCUT2D eigenvalue weighted by Crippen LogP contribution is -2.61. The van der Waals surface area contributed by atoms with E-state index in [1.54, 1.807) is 0 Å². The lowest BCUT2D eigenvalue weighted by atomic mass is 9.33. The molecule has 0 atom stereocenters. The highest BCUT2D eigenvalue weighted by Gasteiger charge is 2.44. The zero-order valence-electron chi connectivity index (χ0n) is 50.2. The maximum atomic E-state index is 2.58. The van der Waals surface area contributed by atoms with E-state index in [1.807, 2.05) is 0 Å². The molecule has 0 bridgehead atoms. The third kappa shape index (κ3) is 8.94. The molecule has 0 unspecified atom stereocenters. The van der Waals surface area contributed by atoms with E-state index in [4.69, 9.17) is 0 Å². The maximum Gasteiger partial charge on any atom is 0.252 e. The zero-order chi connectivity index (χ0) is 58.1. The molecule has 0 fully saturated rings. The Morgan fingerprint density at radius 3 is 1.15 bits per heavy atom. The second-order valence-electron chi connectivity index (χ2n) is 27.0. The van der Waals surface area contributed by atoms with Gasteiger partial charge in [-0.15, -0.1) is 0 Å². The van der Waals surface area contributed by atoms with Crippen molar-refractivity contribution in [3.8, 4) is 55.6 Å². The van der Waals surface area contributed by atoms with Crippen LogP contribution in [-0.4, -0.2) is 6.71 Å². The number of fused-ring (bicyclic) bond motifs is 4. The minimum atomic E-state index is -0.135. The van der Waals surface area contributed by atoms with E-state index in [0.29, 0.717) is 0 Å². The fraction of sp³-hybridized carbons (Fsp3) is 0.146. The van der Waals surface area contributed by atoms with E-state index in [0.717, 1.165) is 11.4 Å². The van der Waals surface area contributed by atoms with Crippen LogP contribution in [0, 0.1) is 0 Å². The van der Waals surface area contributed by atoms with Crippen molar-refractivity contribution in [1.29, 1.82) is 0 Å². The van der Waals surface area contributed by atoms with Gasteiger partial charge in [0.05, 0.1) is 0 Å². The molecule has 15 rings (SSSR count). The normalized spacial score (nSPS) is 13.2. The largest absolute Gasteiger partial charge is 0.311 e. The molecule has 13 aromatic carbocycles. The van der Waals surface area contributed by atoms with Gasteiger partial charge >= 0.3 is 0 Å². The van der Waals surface area contributed by atoms with Crippen LogP contribution in [-0.2, 0) is 16.2 Å². The first-order valence-corrected chi connectivity index (χ1v) is 30.3. The highest BCUT2D eigenvalue weighted by molar-refractivity contribution is 7.00. The number of benzene rings is 13. The second kappa shape index (κ2) is 19.6. The summed E-state index contributed by atoms with van der Waals surface area (Å²) in [5, 5.41) is 7.88. The molecule has 0 saturated heterocycles. The van der Waals surface area contributed by atoms with E-state index in [2.05, 4.69) is 327 Å². The SMILES string of the molecule is CC(C)(C)c1ccc(-c2cc3c4c(c2)N(c2ccc(-c5ccccc5)cc2)c2ccc(-c5cc6cc(C(C)(C)C)cc7ccc8cc(C(C)(C)C)cc5c8c76)cc2B4c2cc(-c4ccccc4)ccc2N3c2ccc(-c3ccccc3)cc2)cc1. The van der Waals surface area contributed by atoms with Crippen molar-refractivity contribution in [2.45, 2.75) is 78.6 Å². The van der Waals surface area contributed by atoms with E-state index >= 15 is 0 Å².